The SMILES string of the molecule is O=C(O)c1c[c]([Ag][OH])c[c]([Ag][OH])c1. The average molecular weight is 370 g/mol. The Bertz CT molecular complexity index is 304. The first-order chi connectivity index (χ1) is 6.17. The van der Waals surface area contributed by atoms with Crippen molar-refractivity contribution in [2.75, 3.05) is 0 Å². The summed E-state index contributed by atoms with van der Waals surface area (Å²) in [5.41, 5.74) is 0.0943. The minimum absolute atomic E-state index is 0.0943. The van der Waals surface area contributed by atoms with E-state index in [-0.39, 0.29) is 5.56 Å². The van der Waals surface area contributed by atoms with Gasteiger partial charge >= 0.3 is 94.7 Å². The molecule has 0 saturated carbocycles. The van der Waals surface area contributed by atoms with Crippen LogP contribution < -0.4 is 7.56 Å². The quantitative estimate of drug-likeness (QED) is 0.574. The molecule has 0 aliphatic carbocycles. The van der Waals surface area contributed by atoms with Crippen LogP contribution in [0.25, 0.3) is 0 Å². The number of carboxylic acids is 1. The van der Waals surface area contributed by atoms with Crippen LogP contribution in [0.1, 0.15) is 10.4 Å². The normalized spacial score (nSPS) is 10.6. The Kier molecular flexibility index (Phi) is 4.37. The molecule has 1 aromatic rings. The standard InChI is InChI=1S/C7H4O2.2Ag.2H2O/c8-7(9)6-4-2-1-3-5-6;;;;/h1,4-5H,(H,8,9);;;2*1H2/q;2*+1;;/p-2. The van der Waals surface area contributed by atoms with E-state index in [1.807, 2.05) is 0 Å². The third-order valence-corrected chi connectivity index (χ3v) is 2.84. The predicted octanol–water partition coefficient (Wildman–Crippen LogP) is -1.38. The first-order valence-electron chi connectivity index (χ1n) is 2.98. The molecule has 0 aliphatic heterocycles. The van der Waals surface area contributed by atoms with E-state index < -0.39 is 46.3 Å². The molecule has 80 valence electrons. The van der Waals surface area contributed by atoms with Crippen LogP contribution in [-0.4, -0.2) is 18.3 Å². The number of aromatic carboxylic acids is 1. The molecule has 0 unspecified atom stereocenters. The van der Waals surface area contributed by atoms with Crippen molar-refractivity contribution in [3.63, 3.8) is 0 Å². The van der Waals surface area contributed by atoms with Crippen molar-refractivity contribution in [2.24, 2.45) is 0 Å². The second-order valence-electron chi connectivity index (χ2n) is 2.01. The summed E-state index contributed by atoms with van der Waals surface area (Å²) in [5.74, 6) is -1.06. The first kappa shape index (κ1) is 11.2. The summed E-state index contributed by atoms with van der Waals surface area (Å²) in [6, 6.07) is 4.38. The van der Waals surface area contributed by atoms with Crippen molar-refractivity contribution < 1.29 is 57.4 Å². The summed E-state index contributed by atoms with van der Waals surface area (Å²) in [4.78, 5) is 10.6. The molecule has 1 aromatic carbocycles. The molecule has 4 nitrogen and oxygen atoms in total. The van der Waals surface area contributed by atoms with Gasteiger partial charge in [-0.05, 0) is 0 Å². The van der Waals surface area contributed by atoms with Gasteiger partial charge < -0.3 is 0 Å². The Morgan fingerprint density at radius 2 is 1.54 bits per heavy atom. The number of benzene rings is 1. The molecule has 0 aromatic heterocycles. The van der Waals surface area contributed by atoms with E-state index in [4.69, 9.17) is 12.3 Å². The minimum atomic E-state index is -1.06. The molecule has 3 N–H and O–H groups in total. The fourth-order valence-electron chi connectivity index (χ4n) is 0.711. The van der Waals surface area contributed by atoms with E-state index >= 15 is 0 Å². The Labute approximate surface area is 94.2 Å². The van der Waals surface area contributed by atoms with Gasteiger partial charge in [0.1, 0.15) is 0 Å². The number of carboxylic acid groups (broad SMARTS) is 1. The van der Waals surface area contributed by atoms with Crippen LogP contribution in [0.5, 0.6) is 0 Å². The van der Waals surface area contributed by atoms with E-state index in [1.54, 1.807) is 6.07 Å². The molecule has 0 radical (unpaired) electrons. The maximum absolute atomic E-state index is 10.6. The zero-order chi connectivity index (χ0) is 9.84. The van der Waals surface area contributed by atoms with Gasteiger partial charge in [-0.3, -0.25) is 0 Å². The van der Waals surface area contributed by atoms with Gasteiger partial charge in [-0.25, -0.2) is 0 Å². The van der Waals surface area contributed by atoms with Crippen LogP contribution in [0.15, 0.2) is 18.2 Å². The zero-order valence-electron chi connectivity index (χ0n) is 6.08. The molecule has 1 rings (SSSR count). The summed E-state index contributed by atoms with van der Waals surface area (Å²) in [5, 5.41) is 8.67. The van der Waals surface area contributed by atoms with Crippen molar-refractivity contribution in [1.29, 1.82) is 0 Å². The molecule has 0 atom stereocenters. The maximum atomic E-state index is 10.6. The monoisotopic (exact) mass is 368 g/mol. The summed E-state index contributed by atoms with van der Waals surface area (Å²) in [6.45, 7) is 0. The fraction of sp³-hybridized carbons (Fsp3) is 0. The van der Waals surface area contributed by atoms with Gasteiger partial charge in [0.15, 0.2) is 0 Å². The topological polar surface area (TPSA) is 77.8 Å². The van der Waals surface area contributed by atoms with Crippen LogP contribution in [0, 0.1) is 0 Å². The van der Waals surface area contributed by atoms with Gasteiger partial charge in [-0.2, -0.15) is 0 Å². The summed E-state index contributed by atoms with van der Waals surface area (Å²) in [7, 11) is 0. The van der Waals surface area contributed by atoms with E-state index in [1.165, 1.54) is 12.1 Å². The molecule has 6 heteroatoms. The predicted molar refractivity (Wildman–Crippen MR) is 37.1 cm³/mol. The van der Waals surface area contributed by atoms with Crippen LogP contribution in [0.2, 0.25) is 0 Å². The molecule has 0 saturated heterocycles. The summed E-state index contributed by atoms with van der Waals surface area (Å²) >= 11 is -0.939. The van der Waals surface area contributed by atoms with Crippen molar-refractivity contribution >= 4 is 13.5 Å². The zero-order valence-corrected chi connectivity index (χ0v) is 9.05. The van der Waals surface area contributed by atoms with Gasteiger partial charge in [-0.15, -0.1) is 0 Å². The summed E-state index contributed by atoms with van der Waals surface area (Å²) in [6.07, 6.45) is 0. The number of hydrogen-bond acceptors (Lipinski definition) is 3. The Hall–Kier alpha value is 0.0905. The fourth-order valence-corrected chi connectivity index (χ4v) is 2.25. The van der Waals surface area contributed by atoms with Gasteiger partial charge in [0.2, 0.25) is 0 Å². The molecule has 13 heavy (non-hydrogen) atoms. The Morgan fingerprint density at radius 1 is 1.08 bits per heavy atom. The van der Waals surface area contributed by atoms with Crippen LogP contribution >= 0.6 is 0 Å². The molecular formula is C7H6Ag2O4. The number of hydrogen-bond donors (Lipinski definition) is 3. The van der Waals surface area contributed by atoms with E-state index in [2.05, 4.69) is 0 Å². The van der Waals surface area contributed by atoms with E-state index in [9.17, 15) is 4.79 Å². The number of carbonyl (C=O) groups is 1. The van der Waals surface area contributed by atoms with Crippen molar-refractivity contribution in [3.8, 4) is 0 Å². The second kappa shape index (κ2) is 5.09. The van der Waals surface area contributed by atoms with Gasteiger partial charge in [0.25, 0.3) is 0 Å². The number of rotatable bonds is 3. The van der Waals surface area contributed by atoms with Crippen LogP contribution in [-0.2, 0) is 40.3 Å². The van der Waals surface area contributed by atoms with Crippen molar-refractivity contribution in [2.45, 2.75) is 0 Å². The third-order valence-electron chi connectivity index (χ3n) is 1.22. The first-order valence-corrected chi connectivity index (χ1v) is 5.79. The molecule has 0 aliphatic rings. The Balaban J connectivity index is 3.14. The molecule has 0 heterocycles. The van der Waals surface area contributed by atoms with Crippen molar-refractivity contribution in [3.05, 3.63) is 23.8 Å². The van der Waals surface area contributed by atoms with E-state index in [0.717, 1.165) is 0 Å². The Morgan fingerprint density at radius 3 is 1.85 bits per heavy atom. The molecule has 0 fully saturated rings. The van der Waals surface area contributed by atoms with Crippen molar-refractivity contribution in [1.82, 2.24) is 0 Å². The van der Waals surface area contributed by atoms with E-state index in [0.29, 0.717) is 7.56 Å². The molecular weight excluding hydrogens is 364 g/mol. The average Bonchev–Trinajstić information content (AvgIpc) is 2.16. The molecule has 0 spiro atoms. The van der Waals surface area contributed by atoms with Gasteiger partial charge in [-0.1, -0.05) is 0 Å². The third kappa shape index (κ3) is 3.05. The van der Waals surface area contributed by atoms with Crippen LogP contribution in [0.3, 0.4) is 0 Å². The summed E-state index contributed by atoms with van der Waals surface area (Å²) < 4.78 is 18.7. The van der Waals surface area contributed by atoms with Gasteiger partial charge in [0.05, 0.1) is 0 Å². The molecule has 0 amide bonds. The van der Waals surface area contributed by atoms with Crippen LogP contribution in [0.4, 0.5) is 0 Å². The second-order valence-corrected chi connectivity index (χ2v) is 4.38. The molecule has 0 bridgehead atoms. The van der Waals surface area contributed by atoms with Gasteiger partial charge in [0, 0.05) is 0 Å².